The van der Waals surface area contributed by atoms with Crippen LogP contribution in [0.4, 0.5) is 0 Å². The third kappa shape index (κ3) is 2.05. The second-order valence-corrected chi connectivity index (χ2v) is 5.46. The van der Waals surface area contributed by atoms with Gasteiger partial charge in [0, 0.05) is 22.6 Å². The van der Waals surface area contributed by atoms with Crippen LogP contribution in [0.5, 0.6) is 0 Å². The first kappa shape index (κ1) is 11.8. The van der Waals surface area contributed by atoms with Gasteiger partial charge in [0.2, 0.25) is 0 Å². The van der Waals surface area contributed by atoms with Crippen molar-refractivity contribution < 1.29 is 0 Å². The first-order valence-electron chi connectivity index (χ1n) is 7.11. The molecular weight excluding hydrogens is 220 g/mol. The van der Waals surface area contributed by atoms with Crippen LogP contribution >= 0.6 is 0 Å². The number of aromatic amines is 1. The third-order valence-electron chi connectivity index (χ3n) is 4.21. The maximum absolute atomic E-state index is 3.60. The zero-order chi connectivity index (χ0) is 12.5. The summed E-state index contributed by atoms with van der Waals surface area (Å²) >= 11 is 0. The molecule has 1 aliphatic rings. The lowest BCUT2D eigenvalue weighted by Crippen LogP contribution is -2.23. The molecule has 1 aromatic heterocycles. The highest BCUT2D eigenvalue weighted by molar-refractivity contribution is 5.85. The van der Waals surface area contributed by atoms with Crippen LogP contribution in [-0.4, -0.2) is 17.6 Å². The van der Waals surface area contributed by atoms with Gasteiger partial charge in [0.15, 0.2) is 0 Å². The Hall–Kier alpha value is -1.28. The van der Waals surface area contributed by atoms with E-state index in [1.54, 1.807) is 0 Å². The summed E-state index contributed by atoms with van der Waals surface area (Å²) in [5.74, 6) is 0. The summed E-state index contributed by atoms with van der Waals surface area (Å²) in [6, 6.07) is 7.50. The average molecular weight is 242 g/mol. The van der Waals surface area contributed by atoms with Crippen LogP contribution in [0.2, 0.25) is 0 Å². The molecule has 1 fully saturated rings. The fourth-order valence-electron chi connectivity index (χ4n) is 3.09. The first-order valence-corrected chi connectivity index (χ1v) is 7.11. The molecule has 1 atom stereocenters. The van der Waals surface area contributed by atoms with Gasteiger partial charge >= 0.3 is 0 Å². The molecule has 1 saturated heterocycles. The lowest BCUT2D eigenvalue weighted by molar-refractivity contribution is 0.603. The predicted molar refractivity (Wildman–Crippen MR) is 77.1 cm³/mol. The van der Waals surface area contributed by atoms with Crippen LogP contribution in [0.15, 0.2) is 18.2 Å². The van der Waals surface area contributed by atoms with Gasteiger partial charge in [0.25, 0.3) is 0 Å². The molecule has 2 aromatic rings. The smallest absolute Gasteiger partial charge is 0.0459 e. The van der Waals surface area contributed by atoms with Crippen LogP contribution in [0.3, 0.4) is 0 Å². The van der Waals surface area contributed by atoms with E-state index in [9.17, 15) is 0 Å². The molecule has 2 heterocycles. The maximum Gasteiger partial charge on any atom is 0.0459 e. The van der Waals surface area contributed by atoms with Gasteiger partial charge in [0.1, 0.15) is 0 Å². The third-order valence-corrected chi connectivity index (χ3v) is 4.21. The minimum absolute atomic E-state index is 0.674. The van der Waals surface area contributed by atoms with Gasteiger partial charge in [-0.2, -0.15) is 0 Å². The number of H-pyrrole nitrogens is 1. The van der Waals surface area contributed by atoms with E-state index in [1.807, 2.05) is 0 Å². The summed E-state index contributed by atoms with van der Waals surface area (Å²) < 4.78 is 0. The van der Waals surface area contributed by atoms with Crippen molar-refractivity contribution >= 4 is 10.9 Å². The Kier molecular flexibility index (Phi) is 3.13. The highest BCUT2D eigenvalue weighted by Crippen LogP contribution is 2.26. The second-order valence-electron chi connectivity index (χ2n) is 5.46. The van der Waals surface area contributed by atoms with E-state index in [0.29, 0.717) is 6.04 Å². The Morgan fingerprint density at radius 3 is 2.94 bits per heavy atom. The molecule has 2 N–H and O–H groups in total. The molecular formula is C16H22N2. The SMILES string of the molecule is CCc1ccc2[nH]c(C)c(CC3CCCN3)c2c1. The van der Waals surface area contributed by atoms with Crippen molar-refractivity contribution in [3.63, 3.8) is 0 Å². The lowest BCUT2D eigenvalue weighted by Gasteiger charge is -2.10. The van der Waals surface area contributed by atoms with Gasteiger partial charge < -0.3 is 10.3 Å². The van der Waals surface area contributed by atoms with Gasteiger partial charge in [-0.3, -0.25) is 0 Å². The molecule has 2 nitrogen and oxygen atoms in total. The topological polar surface area (TPSA) is 27.8 Å². The van der Waals surface area contributed by atoms with E-state index in [-0.39, 0.29) is 0 Å². The molecule has 3 rings (SSSR count). The minimum Gasteiger partial charge on any atom is -0.358 e. The summed E-state index contributed by atoms with van der Waals surface area (Å²) in [6.45, 7) is 5.61. The molecule has 0 bridgehead atoms. The Morgan fingerprint density at radius 2 is 2.22 bits per heavy atom. The van der Waals surface area contributed by atoms with Crippen LogP contribution in [0.25, 0.3) is 10.9 Å². The van der Waals surface area contributed by atoms with E-state index < -0.39 is 0 Å². The predicted octanol–water partition coefficient (Wildman–Crippen LogP) is 3.33. The summed E-state index contributed by atoms with van der Waals surface area (Å²) in [6.07, 6.45) is 4.92. The van der Waals surface area contributed by atoms with E-state index in [1.165, 1.54) is 53.5 Å². The molecule has 1 unspecified atom stereocenters. The maximum atomic E-state index is 3.60. The van der Waals surface area contributed by atoms with Crippen LogP contribution in [0.1, 0.15) is 36.6 Å². The van der Waals surface area contributed by atoms with Crippen molar-refractivity contribution in [1.82, 2.24) is 10.3 Å². The second kappa shape index (κ2) is 4.77. The van der Waals surface area contributed by atoms with Gasteiger partial charge in [-0.05, 0) is 62.4 Å². The zero-order valence-electron chi connectivity index (χ0n) is 11.3. The Labute approximate surface area is 109 Å². The lowest BCUT2D eigenvalue weighted by atomic mass is 10.00. The molecule has 1 aromatic carbocycles. The van der Waals surface area contributed by atoms with Crippen LogP contribution < -0.4 is 5.32 Å². The molecule has 0 amide bonds. The van der Waals surface area contributed by atoms with Crippen molar-refractivity contribution in [3.05, 3.63) is 35.0 Å². The molecule has 0 saturated carbocycles. The van der Waals surface area contributed by atoms with Crippen molar-refractivity contribution in [3.8, 4) is 0 Å². The summed E-state index contributed by atoms with van der Waals surface area (Å²) in [5, 5.41) is 5.03. The number of aryl methyl sites for hydroxylation is 2. The van der Waals surface area contributed by atoms with Crippen molar-refractivity contribution in [2.24, 2.45) is 0 Å². The number of nitrogens with one attached hydrogen (secondary N) is 2. The first-order chi connectivity index (χ1) is 8.78. The fourth-order valence-corrected chi connectivity index (χ4v) is 3.09. The summed E-state index contributed by atoms with van der Waals surface area (Å²) in [5.41, 5.74) is 5.58. The summed E-state index contributed by atoms with van der Waals surface area (Å²) in [4.78, 5) is 3.52. The Morgan fingerprint density at radius 1 is 1.33 bits per heavy atom. The van der Waals surface area contributed by atoms with Crippen molar-refractivity contribution in [2.45, 2.75) is 45.6 Å². The van der Waals surface area contributed by atoms with Gasteiger partial charge in [-0.25, -0.2) is 0 Å². The average Bonchev–Trinajstić information content (AvgIpc) is 2.99. The normalized spacial score (nSPS) is 19.8. The molecule has 1 aliphatic heterocycles. The number of hydrogen-bond donors (Lipinski definition) is 2. The van der Waals surface area contributed by atoms with Gasteiger partial charge in [0.05, 0.1) is 0 Å². The standard InChI is InChI=1S/C16H22N2/c1-3-12-6-7-16-15(9-12)14(11(2)18-16)10-13-5-4-8-17-13/h6-7,9,13,17-18H,3-5,8,10H2,1-2H3. The van der Waals surface area contributed by atoms with Gasteiger partial charge in [-0.1, -0.05) is 13.0 Å². The van der Waals surface area contributed by atoms with E-state index >= 15 is 0 Å². The van der Waals surface area contributed by atoms with Crippen molar-refractivity contribution in [1.29, 1.82) is 0 Å². The molecule has 18 heavy (non-hydrogen) atoms. The molecule has 2 heteroatoms. The minimum atomic E-state index is 0.674. The Balaban J connectivity index is 2.00. The summed E-state index contributed by atoms with van der Waals surface area (Å²) in [7, 11) is 0. The van der Waals surface area contributed by atoms with Crippen molar-refractivity contribution in [2.75, 3.05) is 6.54 Å². The number of benzene rings is 1. The number of fused-ring (bicyclic) bond motifs is 1. The van der Waals surface area contributed by atoms with E-state index in [4.69, 9.17) is 0 Å². The largest absolute Gasteiger partial charge is 0.358 e. The van der Waals surface area contributed by atoms with Crippen LogP contribution in [0, 0.1) is 6.92 Å². The fraction of sp³-hybridized carbons (Fsp3) is 0.500. The Bertz CT molecular complexity index is 547. The molecule has 0 aliphatic carbocycles. The zero-order valence-corrected chi connectivity index (χ0v) is 11.3. The van der Waals surface area contributed by atoms with E-state index in [0.717, 1.165) is 6.42 Å². The monoisotopic (exact) mass is 242 g/mol. The van der Waals surface area contributed by atoms with Gasteiger partial charge in [-0.15, -0.1) is 0 Å². The molecule has 0 radical (unpaired) electrons. The van der Waals surface area contributed by atoms with E-state index in [2.05, 4.69) is 42.3 Å². The number of hydrogen-bond acceptors (Lipinski definition) is 1. The molecule has 96 valence electrons. The highest BCUT2D eigenvalue weighted by atomic mass is 14.9. The highest BCUT2D eigenvalue weighted by Gasteiger charge is 2.18. The molecule has 0 spiro atoms. The quantitative estimate of drug-likeness (QED) is 0.849. The number of rotatable bonds is 3. The number of aromatic nitrogens is 1. The van der Waals surface area contributed by atoms with Crippen LogP contribution in [-0.2, 0) is 12.8 Å².